The van der Waals surface area contributed by atoms with Gasteiger partial charge in [0.05, 0.1) is 31.5 Å². The Kier molecular flexibility index (Phi) is 4.33. The molecule has 0 bridgehead atoms. The van der Waals surface area contributed by atoms with Crippen molar-refractivity contribution in [3.05, 3.63) is 47.7 Å². The van der Waals surface area contributed by atoms with Crippen LogP contribution in [0.1, 0.15) is 24.1 Å². The molecule has 1 unspecified atom stereocenters. The van der Waals surface area contributed by atoms with Gasteiger partial charge in [-0.15, -0.1) is 0 Å². The standard InChI is InChI=1S/C17H18N4O3/c1-10(11-3-5-14-12(7-11)8-15(22)21-14)19-17(23)20-13-4-6-16(24-2)18-9-13/h3-7,9-10H,8H2,1-2H3,(H,21,22)(H2,19,20,23). The van der Waals surface area contributed by atoms with Gasteiger partial charge in [0.2, 0.25) is 11.8 Å². The van der Waals surface area contributed by atoms with Gasteiger partial charge < -0.3 is 20.7 Å². The van der Waals surface area contributed by atoms with Crippen LogP contribution in [0.25, 0.3) is 0 Å². The lowest BCUT2D eigenvalue weighted by Gasteiger charge is -2.16. The molecule has 7 heteroatoms. The summed E-state index contributed by atoms with van der Waals surface area (Å²) >= 11 is 0. The number of carbonyl (C=O) groups is 2. The molecule has 24 heavy (non-hydrogen) atoms. The summed E-state index contributed by atoms with van der Waals surface area (Å²) in [6.07, 6.45) is 1.90. The summed E-state index contributed by atoms with van der Waals surface area (Å²) in [6, 6.07) is 8.55. The fraction of sp³-hybridized carbons (Fsp3) is 0.235. The van der Waals surface area contributed by atoms with E-state index < -0.39 is 0 Å². The molecule has 0 spiro atoms. The van der Waals surface area contributed by atoms with Crippen LogP contribution in [0.4, 0.5) is 16.2 Å². The lowest BCUT2D eigenvalue weighted by Crippen LogP contribution is -2.31. The van der Waals surface area contributed by atoms with E-state index in [4.69, 9.17) is 4.74 Å². The first kappa shape index (κ1) is 15.8. The van der Waals surface area contributed by atoms with Crippen LogP contribution in [-0.2, 0) is 11.2 Å². The molecule has 0 saturated heterocycles. The van der Waals surface area contributed by atoms with Crippen molar-refractivity contribution >= 4 is 23.3 Å². The molecule has 3 rings (SSSR count). The van der Waals surface area contributed by atoms with Gasteiger partial charge in [-0.1, -0.05) is 12.1 Å². The normalized spacial score (nSPS) is 13.7. The Morgan fingerprint density at radius 3 is 2.88 bits per heavy atom. The minimum absolute atomic E-state index is 0.00693. The number of nitrogens with zero attached hydrogens (tertiary/aromatic N) is 1. The maximum absolute atomic E-state index is 12.1. The molecule has 1 aliphatic heterocycles. The number of ether oxygens (including phenoxy) is 1. The number of hydrogen-bond acceptors (Lipinski definition) is 4. The molecule has 1 aromatic heterocycles. The van der Waals surface area contributed by atoms with Crippen LogP contribution in [0.2, 0.25) is 0 Å². The summed E-state index contributed by atoms with van der Waals surface area (Å²) in [4.78, 5) is 27.5. The molecule has 0 aliphatic carbocycles. The zero-order valence-corrected chi connectivity index (χ0v) is 13.4. The summed E-state index contributed by atoms with van der Waals surface area (Å²) in [7, 11) is 1.53. The number of pyridine rings is 1. The highest BCUT2D eigenvalue weighted by atomic mass is 16.5. The Hall–Kier alpha value is -3.09. The van der Waals surface area contributed by atoms with Crippen molar-refractivity contribution in [2.45, 2.75) is 19.4 Å². The third-order valence-electron chi connectivity index (χ3n) is 3.81. The molecule has 7 nitrogen and oxygen atoms in total. The van der Waals surface area contributed by atoms with Gasteiger partial charge in [0, 0.05) is 11.8 Å². The lowest BCUT2D eigenvalue weighted by atomic mass is 10.0. The van der Waals surface area contributed by atoms with E-state index in [0.29, 0.717) is 18.0 Å². The van der Waals surface area contributed by atoms with Crippen molar-refractivity contribution in [3.8, 4) is 5.88 Å². The van der Waals surface area contributed by atoms with Gasteiger partial charge in [0.25, 0.3) is 0 Å². The van der Waals surface area contributed by atoms with Gasteiger partial charge in [-0.25, -0.2) is 9.78 Å². The van der Waals surface area contributed by atoms with Crippen molar-refractivity contribution in [3.63, 3.8) is 0 Å². The van der Waals surface area contributed by atoms with Gasteiger partial charge in [0.15, 0.2) is 0 Å². The quantitative estimate of drug-likeness (QED) is 0.805. The van der Waals surface area contributed by atoms with Crippen LogP contribution in [0.5, 0.6) is 5.88 Å². The van der Waals surface area contributed by atoms with Crippen LogP contribution in [0, 0.1) is 0 Å². The summed E-state index contributed by atoms with van der Waals surface area (Å²) in [6.45, 7) is 1.89. The molecule has 3 N–H and O–H groups in total. The number of nitrogens with one attached hydrogen (secondary N) is 3. The van der Waals surface area contributed by atoms with Crippen LogP contribution < -0.4 is 20.7 Å². The minimum Gasteiger partial charge on any atom is -0.481 e. The number of amides is 3. The second-order valence-electron chi connectivity index (χ2n) is 5.55. The molecule has 0 fully saturated rings. The van der Waals surface area contributed by atoms with Gasteiger partial charge in [-0.3, -0.25) is 4.79 Å². The van der Waals surface area contributed by atoms with E-state index in [1.165, 1.54) is 13.3 Å². The Bertz CT molecular complexity index is 774. The summed E-state index contributed by atoms with van der Waals surface area (Å²) in [5, 5.41) is 8.37. The summed E-state index contributed by atoms with van der Waals surface area (Å²) < 4.78 is 4.97. The minimum atomic E-state index is -0.329. The van der Waals surface area contributed by atoms with Crippen molar-refractivity contribution in [1.29, 1.82) is 0 Å². The predicted molar refractivity (Wildman–Crippen MR) is 90.1 cm³/mol. The second kappa shape index (κ2) is 6.57. The second-order valence-corrected chi connectivity index (χ2v) is 5.55. The molecule has 0 saturated carbocycles. The van der Waals surface area contributed by atoms with Crippen LogP contribution >= 0.6 is 0 Å². The number of rotatable bonds is 4. The Morgan fingerprint density at radius 1 is 1.33 bits per heavy atom. The SMILES string of the molecule is COc1ccc(NC(=O)NC(C)c2ccc3c(c2)CC(=O)N3)cn1. The molecule has 1 atom stereocenters. The highest BCUT2D eigenvalue weighted by Crippen LogP contribution is 2.26. The Labute approximate surface area is 139 Å². The van der Waals surface area contributed by atoms with E-state index in [1.54, 1.807) is 12.1 Å². The fourth-order valence-electron chi connectivity index (χ4n) is 2.54. The smallest absolute Gasteiger partial charge is 0.319 e. The molecule has 124 valence electrons. The number of urea groups is 1. The van der Waals surface area contributed by atoms with E-state index in [9.17, 15) is 9.59 Å². The van der Waals surface area contributed by atoms with Crippen LogP contribution in [0.15, 0.2) is 36.5 Å². The number of anilines is 2. The zero-order valence-electron chi connectivity index (χ0n) is 13.4. The van der Waals surface area contributed by atoms with E-state index in [2.05, 4.69) is 20.9 Å². The topological polar surface area (TPSA) is 92.4 Å². The first-order valence-corrected chi connectivity index (χ1v) is 7.55. The number of benzene rings is 1. The monoisotopic (exact) mass is 326 g/mol. The molecular formula is C17H18N4O3. The van der Waals surface area contributed by atoms with E-state index in [0.717, 1.165) is 16.8 Å². The third kappa shape index (κ3) is 3.45. The molecule has 2 heterocycles. The van der Waals surface area contributed by atoms with Crippen LogP contribution in [0.3, 0.4) is 0 Å². The zero-order chi connectivity index (χ0) is 17.1. The molecule has 1 aliphatic rings. The van der Waals surface area contributed by atoms with Gasteiger partial charge in [-0.2, -0.15) is 0 Å². The average molecular weight is 326 g/mol. The molecule has 2 aromatic rings. The number of fused-ring (bicyclic) bond motifs is 1. The highest BCUT2D eigenvalue weighted by Gasteiger charge is 2.19. The Morgan fingerprint density at radius 2 is 2.17 bits per heavy atom. The molecular weight excluding hydrogens is 308 g/mol. The lowest BCUT2D eigenvalue weighted by molar-refractivity contribution is -0.115. The Balaban J connectivity index is 1.61. The maximum Gasteiger partial charge on any atom is 0.319 e. The molecule has 3 amide bonds. The van der Waals surface area contributed by atoms with E-state index >= 15 is 0 Å². The first-order valence-electron chi connectivity index (χ1n) is 7.55. The predicted octanol–water partition coefficient (Wildman–Crippen LogP) is 2.47. The number of aromatic nitrogens is 1. The van der Waals surface area contributed by atoms with E-state index in [1.807, 2.05) is 25.1 Å². The summed E-state index contributed by atoms with van der Waals surface area (Å²) in [5.74, 6) is 0.475. The molecule has 0 radical (unpaired) electrons. The maximum atomic E-state index is 12.1. The number of carbonyl (C=O) groups excluding carboxylic acids is 2. The first-order chi connectivity index (χ1) is 11.5. The number of hydrogen-bond donors (Lipinski definition) is 3. The van der Waals surface area contributed by atoms with Gasteiger partial charge in [-0.05, 0) is 30.2 Å². The fourth-order valence-corrected chi connectivity index (χ4v) is 2.54. The summed E-state index contributed by atoms with van der Waals surface area (Å²) in [5.41, 5.74) is 3.30. The average Bonchev–Trinajstić information content (AvgIpc) is 2.94. The van der Waals surface area contributed by atoms with E-state index in [-0.39, 0.29) is 18.0 Å². The van der Waals surface area contributed by atoms with Crippen molar-refractivity contribution in [2.75, 3.05) is 17.7 Å². The van der Waals surface area contributed by atoms with Gasteiger partial charge in [0.1, 0.15) is 0 Å². The highest BCUT2D eigenvalue weighted by molar-refractivity contribution is 5.99. The van der Waals surface area contributed by atoms with Crippen molar-refractivity contribution < 1.29 is 14.3 Å². The van der Waals surface area contributed by atoms with Crippen LogP contribution in [-0.4, -0.2) is 24.0 Å². The molecule has 1 aromatic carbocycles. The van der Waals surface area contributed by atoms with Crippen molar-refractivity contribution in [1.82, 2.24) is 10.3 Å². The van der Waals surface area contributed by atoms with Crippen molar-refractivity contribution in [2.24, 2.45) is 0 Å². The number of methoxy groups -OCH3 is 1. The van der Waals surface area contributed by atoms with Gasteiger partial charge >= 0.3 is 6.03 Å². The largest absolute Gasteiger partial charge is 0.481 e. The third-order valence-corrected chi connectivity index (χ3v) is 3.81.